The molecule has 0 amide bonds. The van der Waals surface area contributed by atoms with Crippen molar-refractivity contribution in [3.05, 3.63) is 69.1 Å². The van der Waals surface area contributed by atoms with E-state index >= 15 is 0 Å². The minimum atomic E-state index is -1.04. The molecule has 0 aliphatic heterocycles. The Kier molecular flexibility index (Phi) is 8.40. The lowest BCUT2D eigenvalue weighted by Gasteiger charge is -2.13. The van der Waals surface area contributed by atoms with Crippen LogP contribution in [0, 0.1) is 22.0 Å². The van der Waals surface area contributed by atoms with Gasteiger partial charge in [0.2, 0.25) is 11.5 Å². The number of aliphatic hydroxyl groups excluding tert-OH is 1. The summed E-state index contributed by atoms with van der Waals surface area (Å²) in [6.45, 7) is -0.960. The summed E-state index contributed by atoms with van der Waals surface area (Å²) in [5.74, 6) is 5.07. The summed E-state index contributed by atoms with van der Waals surface area (Å²) in [4.78, 5) is 37.2. The van der Waals surface area contributed by atoms with Gasteiger partial charge < -0.3 is 33.2 Å². The van der Waals surface area contributed by atoms with Crippen molar-refractivity contribution in [3.63, 3.8) is 0 Å². The van der Waals surface area contributed by atoms with Gasteiger partial charge in [-0.3, -0.25) is 14.9 Å². The van der Waals surface area contributed by atoms with E-state index in [2.05, 4.69) is 16.9 Å². The Hall–Kier alpha value is -5.55. The van der Waals surface area contributed by atoms with Gasteiger partial charge in [-0.1, -0.05) is 11.8 Å². The van der Waals surface area contributed by atoms with Gasteiger partial charge in [-0.05, 0) is 30.3 Å². The molecule has 0 radical (unpaired) electrons. The number of benzene rings is 2. The summed E-state index contributed by atoms with van der Waals surface area (Å²) in [5.41, 5.74) is 0.188. The van der Waals surface area contributed by atoms with E-state index in [1.807, 2.05) is 0 Å². The zero-order valence-electron chi connectivity index (χ0n) is 22.2. The van der Waals surface area contributed by atoms with Crippen molar-refractivity contribution in [1.29, 1.82) is 0 Å². The lowest BCUT2D eigenvalue weighted by Crippen LogP contribution is -2.16. The van der Waals surface area contributed by atoms with E-state index in [9.17, 15) is 24.8 Å². The number of aliphatic hydroxyl groups is 1. The maximum atomic E-state index is 13.8. The summed E-state index contributed by atoms with van der Waals surface area (Å²) in [7, 11) is 5.61. The third kappa shape index (κ3) is 5.47. The molecule has 14 heteroatoms. The molecule has 4 rings (SSSR count). The number of furan rings is 1. The molecule has 2 aromatic heterocycles. The molecule has 1 N–H and O–H groups in total. The number of carbonyl (C=O) groups excluding carboxylic acids is 2. The van der Waals surface area contributed by atoms with Crippen molar-refractivity contribution in [3.8, 4) is 34.8 Å². The highest BCUT2D eigenvalue weighted by Gasteiger charge is 2.28. The lowest BCUT2D eigenvalue weighted by molar-refractivity contribution is -0.402. The van der Waals surface area contributed by atoms with Gasteiger partial charge in [0.25, 0.3) is 0 Å². The largest absolute Gasteiger partial charge is 0.495 e. The molecule has 0 spiro atoms. The first-order chi connectivity index (χ1) is 19.8. The standard InChI is InChI=1S/C27H23N3O11/c1-36-19-9-8-18-23(25(32)15-12-20(37-2)26(39-4)21(13-15)38-3)28-29(24(18)17(19)6-5-11-31)27(33)40-14-16-7-10-22(41-16)30(34)35/h7-10,12-13,31H,11,14H2,1-4H3. The average molecular weight is 565 g/mol. The van der Waals surface area contributed by atoms with Crippen LogP contribution in [0.15, 0.2) is 40.8 Å². The highest BCUT2D eigenvalue weighted by atomic mass is 16.7. The molecule has 41 heavy (non-hydrogen) atoms. The fourth-order valence-corrected chi connectivity index (χ4v) is 3.99. The van der Waals surface area contributed by atoms with Crippen molar-refractivity contribution in [1.82, 2.24) is 9.78 Å². The number of nitrogens with zero attached hydrogens (tertiary/aromatic N) is 3. The van der Waals surface area contributed by atoms with Crippen LogP contribution in [0.3, 0.4) is 0 Å². The van der Waals surface area contributed by atoms with Gasteiger partial charge in [0, 0.05) is 10.9 Å². The van der Waals surface area contributed by atoms with Gasteiger partial charge in [-0.15, -0.1) is 0 Å². The molecule has 0 saturated carbocycles. The third-order valence-corrected chi connectivity index (χ3v) is 5.80. The van der Waals surface area contributed by atoms with Gasteiger partial charge in [0.05, 0.1) is 40.1 Å². The highest BCUT2D eigenvalue weighted by molar-refractivity contribution is 6.17. The maximum absolute atomic E-state index is 13.8. The number of carbonyl (C=O) groups is 2. The zero-order chi connectivity index (χ0) is 29.7. The number of methoxy groups -OCH3 is 4. The van der Waals surface area contributed by atoms with Gasteiger partial charge in [0.1, 0.15) is 34.3 Å². The summed E-state index contributed by atoms with van der Waals surface area (Å²) in [6.07, 6.45) is -1.04. The predicted octanol–water partition coefficient (Wildman–Crippen LogP) is 3.33. The van der Waals surface area contributed by atoms with Crippen LogP contribution in [-0.4, -0.2) is 66.7 Å². The first-order valence-electron chi connectivity index (χ1n) is 11.7. The van der Waals surface area contributed by atoms with Crippen LogP contribution in [0.4, 0.5) is 10.7 Å². The number of nitro groups is 1. The van der Waals surface area contributed by atoms with Crippen LogP contribution in [-0.2, 0) is 11.3 Å². The Bertz CT molecular complexity index is 1680. The summed E-state index contributed by atoms with van der Waals surface area (Å²) >= 11 is 0. The SMILES string of the molecule is COc1cc(C(=O)c2nn(C(=O)OCc3ccc([N+](=O)[O-])o3)c3c(C#CCO)c(OC)ccc23)cc(OC)c1OC. The van der Waals surface area contributed by atoms with E-state index in [1.165, 1.54) is 58.8 Å². The van der Waals surface area contributed by atoms with Crippen LogP contribution in [0.25, 0.3) is 10.9 Å². The molecule has 0 saturated heterocycles. The Balaban J connectivity index is 1.86. The van der Waals surface area contributed by atoms with E-state index in [-0.39, 0.29) is 56.5 Å². The average Bonchev–Trinajstić information content (AvgIpc) is 3.63. The molecular weight excluding hydrogens is 542 g/mol. The quantitative estimate of drug-likeness (QED) is 0.136. The van der Waals surface area contributed by atoms with Crippen LogP contribution in [0.5, 0.6) is 23.0 Å². The number of fused-ring (bicyclic) bond motifs is 1. The normalized spacial score (nSPS) is 10.5. The number of aromatic nitrogens is 2. The molecule has 2 aromatic carbocycles. The lowest BCUT2D eigenvalue weighted by atomic mass is 10.0. The van der Waals surface area contributed by atoms with Crippen molar-refractivity contribution in [2.45, 2.75) is 6.61 Å². The second-order valence-corrected chi connectivity index (χ2v) is 8.05. The molecule has 0 fully saturated rings. The fraction of sp³-hybridized carbons (Fsp3) is 0.222. The monoisotopic (exact) mass is 565 g/mol. The van der Waals surface area contributed by atoms with Crippen LogP contribution >= 0.6 is 0 Å². The van der Waals surface area contributed by atoms with E-state index in [1.54, 1.807) is 0 Å². The van der Waals surface area contributed by atoms with E-state index in [0.717, 1.165) is 10.7 Å². The van der Waals surface area contributed by atoms with Gasteiger partial charge in [0.15, 0.2) is 18.1 Å². The smallest absolute Gasteiger partial charge is 0.435 e. The van der Waals surface area contributed by atoms with Crippen LogP contribution in [0.2, 0.25) is 0 Å². The molecular formula is C27H23N3O11. The third-order valence-electron chi connectivity index (χ3n) is 5.80. The van der Waals surface area contributed by atoms with E-state index in [4.69, 9.17) is 28.1 Å². The number of rotatable bonds is 9. The molecule has 14 nitrogen and oxygen atoms in total. The first kappa shape index (κ1) is 28.5. The summed E-state index contributed by atoms with van der Waals surface area (Å²) in [5, 5.41) is 24.7. The molecule has 0 atom stereocenters. The Morgan fingerprint density at radius 2 is 1.71 bits per heavy atom. The molecule has 2 heterocycles. The van der Waals surface area contributed by atoms with E-state index < -0.39 is 35.9 Å². The molecule has 4 aromatic rings. The van der Waals surface area contributed by atoms with Gasteiger partial charge in [-0.2, -0.15) is 9.78 Å². The topological polar surface area (TPSA) is 175 Å². The minimum Gasteiger partial charge on any atom is -0.495 e. The highest BCUT2D eigenvalue weighted by Crippen LogP contribution is 2.39. The predicted molar refractivity (Wildman–Crippen MR) is 141 cm³/mol. The van der Waals surface area contributed by atoms with Crippen LogP contribution in [0.1, 0.15) is 27.4 Å². The second kappa shape index (κ2) is 12.1. The molecule has 0 unspecified atom stereocenters. The summed E-state index contributed by atoms with van der Waals surface area (Å²) in [6, 6.07) is 8.34. The Morgan fingerprint density at radius 3 is 2.27 bits per heavy atom. The molecule has 212 valence electrons. The second-order valence-electron chi connectivity index (χ2n) is 8.05. The fourth-order valence-electron chi connectivity index (χ4n) is 3.99. The van der Waals surface area contributed by atoms with Crippen molar-refractivity contribution in [2.24, 2.45) is 0 Å². The Morgan fingerprint density at radius 1 is 1.02 bits per heavy atom. The summed E-state index contributed by atoms with van der Waals surface area (Å²) < 4.78 is 32.6. The maximum Gasteiger partial charge on any atom is 0.435 e. The van der Waals surface area contributed by atoms with Crippen molar-refractivity contribution in [2.75, 3.05) is 35.0 Å². The zero-order valence-corrected chi connectivity index (χ0v) is 22.2. The number of hydrogen-bond donors (Lipinski definition) is 1. The number of hydrogen-bond acceptors (Lipinski definition) is 12. The first-order valence-corrected chi connectivity index (χ1v) is 11.7. The van der Waals surface area contributed by atoms with Gasteiger partial charge >= 0.3 is 12.0 Å². The van der Waals surface area contributed by atoms with E-state index in [0.29, 0.717) is 0 Å². The van der Waals surface area contributed by atoms with Crippen LogP contribution < -0.4 is 18.9 Å². The van der Waals surface area contributed by atoms with Gasteiger partial charge in [-0.25, -0.2) is 4.79 Å². The number of ether oxygens (including phenoxy) is 5. The van der Waals surface area contributed by atoms with Crippen molar-refractivity contribution < 1.29 is 47.7 Å². The van der Waals surface area contributed by atoms with Crippen molar-refractivity contribution >= 4 is 28.7 Å². The molecule has 0 aliphatic carbocycles. The molecule has 0 bridgehead atoms. The number of ketones is 1. The molecule has 0 aliphatic rings. The Labute approximate surface area is 232 Å². The minimum absolute atomic E-state index is 0.00751.